The summed E-state index contributed by atoms with van der Waals surface area (Å²) in [5, 5.41) is 9.85. The number of carboxylic acid groups (broad SMARTS) is 1. The van der Waals surface area contributed by atoms with Crippen LogP contribution in [0.5, 0.6) is 0 Å². The second-order valence-corrected chi connectivity index (χ2v) is 7.60. The third kappa shape index (κ3) is 3.29. The van der Waals surface area contributed by atoms with Gasteiger partial charge in [0.15, 0.2) is 0 Å². The lowest BCUT2D eigenvalue weighted by Crippen LogP contribution is -2.07. The summed E-state index contributed by atoms with van der Waals surface area (Å²) in [7, 11) is 0. The van der Waals surface area contributed by atoms with Crippen LogP contribution in [0.2, 0.25) is 5.02 Å². The number of hydrogen-bond donors (Lipinski definition) is 1. The number of carbonyl (C=O) groups excluding carboxylic acids is 1. The third-order valence-electron chi connectivity index (χ3n) is 5.39. The average molecular weight is 418 g/mol. The Labute approximate surface area is 179 Å². The van der Waals surface area contributed by atoms with E-state index >= 15 is 0 Å². The fourth-order valence-electron chi connectivity index (χ4n) is 3.87. The fraction of sp³-hybridized carbons (Fsp3) is 0.120. The molecule has 0 atom stereocenters. The Morgan fingerprint density at radius 3 is 2.53 bits per heavy atom. The zero-order valence-corrected chi connectivity index (χ0v) is 17.4. The number of hydrogen-bond acceptors (Lipinski definition) is 2. The predicted octanol–water partition coefficient (Wildman–Crippen LogP) is 6.06. The predicted molar refractivity (Wildman–Crippen MR) is 119 cm³/mol. The maximum Gasteiger partial charge on any atom is 0.335 e. The first-order valence-corrected chi connectivity index (χ1v) is 10.1. The molecule has 1 N–H and O–H groups in total. The molecule has 0 bridgehead atoms. The molecular formula is C25H20ClNO3. The van der Waals surface area contributed by atoms with Crippen LogP contribution in [0.15, 0.2) is 66.9 Å². The molecule has 5 heteroatoms. The van der Waals surface area contributed by atoms with Gasteiger partial charge in [-0.05, 0) is 60.4 Å². The summed E-state index contributed by atoms with van der Waals surface area (Å²) < 4.78 is 1.86. The summed E-state index contributed by atoms with van der Waals surface area (Å²) in [6, 6.07) is 18.3. The third-order valence-corrected chi connectivity index (χ3v) is 5.70. The zero-order chi connectivity index (χ0) is 21.4. The molecule has 0 amide bonds. The topological polar surface area (TPSA) is 58.8 Å². The van der Waals surface area contributed by atoms with Crippen molar-refractivity contribution in [1.29, 1.82) is 0 Å². The molecule has 0 saturated carbocycles. The van der Waals surface area contributed by atoms with Gasteiger partial charge in [-0.1, -0.05) is 48.9 Å². The molecular weight excluding hydrogens is 398 g/mol. The summed E-state index contributed by atoms with van der Waals surface area (Å²) in [6.45, 7) is 3.80. The van der Waals surface area contributed by atoms with E-state index in [1.807, 2.05) is 66.9 Å². The second-order valence-electron chi connectivity index (χ2n) is 7.19. The van der Waals surface area contributed by atoms with Crippen molar-refractivity contribution < 1.29 is 14.7 Å². The molecule has 4 rings (SSSR count). The minimum atomic E-state index is -0.940. The number of nitrogens with zero attached hydrogens (tertiary/aromatic N) is 1. The van der Waals surface area contributed by atoms with Gasteiger partial charge >= 0.3 is 5.97 Å². The van der Waals surface area contributed by atoms with Crippen LogP contribution in [0.1, 0.15) is 44.5 Å². The average Bonchev–Trinajstić information content (AvgIpc) is 3.12. The maximum absolute atomic E-state index is 13.4. The van der Waals surface area contributed by atoms with Crippen molar-refractivity contribution in [3.63, 3.8) is 0 Å². The number of halogens is 1. The van der Waals surface area contributed by atoms with Crippen LogP contribution < -0.4 is 0 Å². The van der Waals surface area contributed by atoms with Crippen LogP contribution in [-0.4, -0.2) is 21.3 Å². The minimum Gasteiger partial charge on any atom is -0.478 e. The van der Waals surface area contributed by atoms with Gasteiger partial charge < -0.3 is 9.51 Å². The van der Waals surface area contributed by atoms with Gasteiger partial charge in [-0.15, -0.1) is 0 Å². The smallest absolute Gasteiger partial charge is 0.335 e. The van der Waals surface area contributed by atoms with E-state index in [0.717, 1.165) is 27.8 Å². The van der Waals surface area contributed by atoms with E-state index in [2.05, 4.69) is 0 Å². The molecule has 2 heterocycles. The Bertz CT molecular complexity index is 1280. The van der Waals surface area contributed by atoms with Crippen LogP contribution in [0.3, 0.4) is 0 Å². The molecule has 0 radical (unpaired) electrons. The highest BCUT2D eigenvalue weighted by molar-refractivity contribution is 6.35. The SMILES string of the molecule is CCc1cc(-c2cc(C(=O)c3c(C)cccc3Cl)n3ccccc23)ccc1C(=O)O. The molecule has 0 aliphatic heterocycles. The second kappa shape index (κ2) is 7.81. The van der Waals surface area contributed by atoms with Crippen LogP contribution in [0.25, 0.3) is 16.6 Å². The standard InChI is InChI=1S/C25H20ClNO3/c1-3-16-13-17(10-11-18(16)25(29)30)19-14-22(27-12-5-4-9-21(19)27)24(28)23-15(2)7-6-8-20(23)26/h4-14H,3H2,1-2H3,(H,29,30). The van der Waals surface area contributed by atoms with Crippen molar-refractivity contribution in [1.82, 2.24) is 4.40 Å². The fourth-order valence-corrected chi connectivity index (χ4v) is 4.18. The van der Waals surface area contributed by atoms with E-state index < -0.39 is 5.97 Å². The van der Waals surface area contributed by atoms with Crippen LogP contribution in [-0.2, 0) is 6.42 Å². The van der Waals surface area contributed by atoms with Gasteiger partial charge in [-0.25, -0.2) is 4.79 Å². The molecule has 2 aromatic carbocycles. The lowest BCUT2D eigenvalue weighted by Gasteiger charge is -2.07. The summed E-state index contributed by atoms with van der Waals surface area (Å²) in [6.07, 6.45) is 2.45. The van der Waals surface area contributed by atoms with Gasteiger partial charge in [-0.3, -0.25) is 4.79 Å². The number of carbonyl (C=O) groups is 2. The molecule has 0 aliphatic carbocycles. The van der Waals surface area contributed by atoms with E-state index in [1.165, 1.54) is 0 Å². The summed E-state index contributed by atoms with van der Waals surface area (Å²) >= 11 is 6.35. The van der Waals surface area contributed by atoms with E-state index in [4.69, 9.17) is 11.6 Å². The number of fused-ring (bicyclic) bond motifs is 1. The van der Waals surface area contributed by atoms with Gasteiger partial charge in [0.25, 0.3) is 0 Å². The molecule has 30 heavy (non-hydrogen) atoms. The highest BCUT2D eigenvalue weighted by Crippen LogP contribution is 2.32. The first kappa shape index (κ1) is 19.9. The number of benzene rings is 2. The van der Waals surface area contributed by atoms with E-state index in [0.29, 0.717) is 28.3 Å². The van der Waals surface area contributed by atoms with Crippen molar-refractivity contribution in [3.8, 4) is 11.1 Å². The highest BCUT2D eigenvalue weighted by Gasteiger charge is 2.21. The molecule has 4 nitrogen and oxygen atoms in total. The normalized spacial score (nSPS) is 11.0. The summed E-state index contributed by atoms with van der Waals surface area (Å²) in [5.74, 6) is -1.09. The highest BCUT2D eigenvalue weighted by atomic mass is 35.5. The van der Waals surface area contributed by atoms with Crippen LogP contribution in [0, 0.1) is 6.92 Å². The number of ketones is 1. The first-order valence-electron chi connectivity index (χ1n) is 9.68. The molecule has 0 aliphatic rings. The summed E-state index contributed by atoms with van der Waals surface area (Å²) in [4.78, 5) is 24.9. The van der Waals surface area contributed by atoms with Crippen molar-refractivity contribution in [2.24, 2.45) is 0 Å². The van der Waals surface area contributed by atoms with Crippen molar-refractivity contribution >= 4 is 28.9 Å². The quantitative estimate of drug-likeness (QED) is 0.401. The molecule has 0 spiro atoms. The molecule has 4 aromatic rings. The Kier molecular flexibility index (Phi) is 5.18. The van der Waals surface area contributed by atoms with Crippen molar-refractivity contribution in [3.05, 3.63) is 99.8 Å². The maximum atomic E-state index is 13.4. The van der Waals surface area contributed by atoms with Gasteiger partial charge in [0.05, 0.1) is 21.8 Å². The van der Waals surface area contributed by atoms with E-state index in [1.54, 1.807) is 18.2 Å². The van der Waals surface area contributed by atoms with Gasteiger partial charge in [0.1, 0.15) is 0 Å². The van der Waals surface area contributed by atoms with Crippen molar-refractivity contribution in [2.45, 2.75) is 20.3 Å². The van der Waals surface area contributed by atoms with Crippen LogP contribution in [0.4, 0.5) is 0 Å². The Hall–Kier alpha value is -3.37. The van der Waals surface area contributed by atoms with Gasteiger partial charge in [0.2, 0.25) is 5.78 Å². The molecule has 0 saturated heterocycles. The number of aromatic nitrogens is 1. The Morgan fingerprint density at radius 1 is 1.03 bits per heavy atom. The lowest BCUT2D eigenvalue weighted by atomic mass is 9.97. The lowest BCUT2D eigenvalue weighted by molar-refractivity contribution is 0.0695. The molecule has 2 aromatic heterocycles. The zero-order valence-electron chi connectivity index (χ0n) is 16.6. The Balaban J connectivity index is 1.93. The van der Waals surface area contributed by atoms with Gasteiger partial charge in [0, 0.05) is 17.3 Å². The largest absolute Gasteiger partial charge is 0.478 e. The molecule has 0 unspecified atom stereocenters. The molecule has 150 valence electrons. The monoisotopic (exact) mass is 417 g/mol. The number of aromatic carboxylic acids is 1. The summed E-state index contributed by atoms with van der Waals surface area (Å²) in [5.41, 5.74) is 5.49. The van der Waals surface area contributed by atoms with Crippen LogP contribution >= 0.6 is 11.6 Å². The number of aryl methyl sites for hydroxylation is 2. The number of pyridine rings is 1. The van der Waals surface area contributed by atoms with Gasteiger partial charge in [-0.2, -0.15) is 0 Å². The number of carboxylic acids is 1. The van der Waals surface area contributed by atoms with Crippen molar-refractivity contribution in [2.75, 3.05) is 0 Å². The number of rotatable bonds is 5. The van der Waals surface area contributed by atoms with E-state index in [-0.39, 0.29) is 5.78 Å². The Morgan fingerprint density at radius 2 is 1.83 bits per heavy atom. The molecule has 0 fully saturated rings. The van der Waals surface area contributed by atoms with E-state index in [9.17, 15) is 14.7 Å². The minimum absolute atomic E-state index is 0.150. The first-order chi connectivity index (χ1) is 14.4.